The van der Waals surface area contributed by atoms with Crippen LogP contribution in [0.2, 0.25) is 0 Å². The number of fused-ring (bicyclic) bond motifs is 1. The van der Waals surface area contributed by atoms with Crippen molar-refractivity contribution in [2.75, 3.05) is 38.7 Å². The van der Waals surface area contributed by atoms with Crippen LogP contribution in [0.4, 0.5) is 9.59 Å². The first kappa shape index (κ1) is 24.5. The summed E-state index contributed by atoms with van der Waals surface area (Å²) in [5, 5.41) is 9.13. The molecule has 0 aliphatic carbocycles. The number of carbonyl (C=O) groups is 3. The molecule has 3 amide bonds. The number of nitrogens with one attached hydrogen (secondary N) is 3. The molecule has 3 heterocycles. The molecule has 0 bridgehead atoms. The van der Waals surface area contributed by atoms with Gasteiger partial charge in [-0.15, -0.1) is 0 Å². The predicted octanol–water partition coefficient (Wildman–Crippen LogP) is 1.55. The smallest absolute Gasteiger partial charge is 0.326 e. The van der Waals surface area contributed by atoms with Crippen LogP contribution >= 0.6 is 11.8 Å². The molecule has 2 fully saturated rings. The summed E-state index contributed by atoms with van der Waals surface area (Å²) in [6.07, 6.45) is 9.40. The summed E-state index contributed by atoms with van der Waals surface area (Å²) in [4.78, 5) is 38.9. The van der Waals surface area contributed by atoms with Crippen molar-refractivity contribution in [2.24, 2.45) is 0 Å². The Morgan fingerprint density at radius 3 is 2.75 bits per heavy atom. The summed E-state index contributed by atoms with van der Waals surface area (Å²) < 4.78 is 12.3. The van der Waals surface area contributed by atoms with Gasteiger partial charge < -0.3 is 25.4 Å². The minimum atomic E-state index is -0.238. The quantitative estimate of drug-likeness (QED) is 0.264. The van der Waals surface area contributed by atoms with E-state index in [0.29, 0.717) is 51.1 Å². The van der Waals surface area contributed by atoms with E-state index in [1.165, 1.54) is 10.9 Å². The highest BCUT2D eigenvalue weighted by Crippen LogP contribution is 2.33. The molecule has 1 aromatic heterocycles. The summed E-state index contributed by atoms with van der Waals surface area (Å²) in [7, 11) is 0. The third-order valence-electron chi connectivity index (χ3n) is 5.51. The van der Waals surface area contributed by atoms with Crippen molar-refractivity contribution in [2.45, 2.75) is 55.9 Å². The second-order valence-corrected chi connectivity index (χ2v) is 9.21. The van der Waals surface area contributed by atoms with Crippen molar-refractivity contribution in [3.63, 3.8) is 0 Å². The van der Waals surface area contributed by atoms with Gasteiger partial charge in [-0.2, -0.15) is 11.8 Å². The average Bonchev–Trinajstić information content (AvgIpc) is 3.51. The van der Waals surface area contributed by atoms with E-state index in [0.717, 1.165) is 31.4 Å². The van der Waals surface area contributed by atoms with E-state index in [9.17, 15) is 14.4 Å². The van der Waals surface area contributed by atoms with E-state index in [4.69, 9.17) is 9.47 Å². The van der Waals surface area contributed by atoms with E-state index in [1.54, 1.807) is 12.4 Å². The Balaban J connectivity index is 1.07. The molecular weight excluding hydrogens is 434 g/mol. The number of hydrogen-bond acceptors (Lipinski definition) is 7. The minimum absolute atomic E-state index is 0.0515. The molecule has 11 heteroatoms. The minimum Gasteiger partial charge on any atom is -0.379 e. The van der Waals surface area contributed by atoms with Gasteiger partial charge in [-0.3, -0.25) is 9.36 Å². The van der Waals surface area contributed by atoms with Crippen LogP contribution < -0.4 is 16.0 Å². The summed E-state index contributed by atoms with van der Waals surface area (Å²) in [6, 6.07) is 0.214. The number of amides is 3. The topological polar surface area (TPSA) is 124 Å². The van der Waals surface area contributed by atoms with Crippen molar-refractivity contribution < 1.29 is 23.9 Å². The number of unbranched alkanes of at least 4 members (excludes halogenated alkanes) is 1. The summed E-state index contributed by atoms with van der Waals surface area (Å²) >= 11 is 1.91. The standard InChI is InChI=1S/C21H33N5O5S/c27-16(4-1-2-6-18-19-17(14-32-18)24-20(28)25-19)5-3-10-30-12-13-31-11-8-23-21(29)26-9-7-22-15-26/h7,9,15,17-19H,1-6,8,10-14H2,(H,23,29)(H2,24,25,28)/t17-,18-,19-/m0/s1. The Bertz CT molecular complexity index is 732. The molecule has 1 aromatic rings. The number of Topliss-reactive ketones (excluding diaryl/α,β-unsaturated/α-hetero) is 1. The number of aromatic nitrogens is 2. The van der Waals surface area contributed by atoms with Crippen molar-refractivity contribution in [3.8, 4) is 0 Å². The zero-order valence-corrected chi connectivity index (χ0v) is 19.1. The number of carbonyl (C=O) groups excluding carboxylic acids is 3. The molecule has 0 radical (unpaired) electrons. The molecule has 178 valence electrons. The average molecular weight is 468 g/mol. The fourth-order valence-electron chi connectivity index (χ4n) is 3.83. The van der Waals surface area contributed by atoms with Crippen LogP contribution in [0.25, 0.3) is 0 Å². The van der Waals surface area contributed by atoms with E-state index in [-0.39, 0.29) is 29.9 Å². The number of imidazole rings is 1. The summed E-state index contributed by atoms with van der Waals surface area (Å²) in [5.41, 5.74) is 0. The molecule has 3 atom stereocenters. The Labute approximate surface area is 192 Å². The highest BCUT2D eigenvalue weighted by Gasteiger charge is 2.42. The molecule has 2 aliphatic rings. The molecule has 32 heavy (non-hydrogen) atoms. The number of thioether (sulfide) groups is 1. The molecule has 0 spiro atoms. The molecule has 3 rings (SSSR count). The van der Waals surface area contributed by atoms with Gasteiger partial charge in [0.2, 0.25) is 0 Å². The second-order valence-electron chi connectivity index (χ2n) is 7.94. The maximum absolute atomic E-state index is 12.0. The Morgan fingerprint density at radius 2 is 1.94 bits per heavy atom. The van der Waals surface area contributed by atoms with Crippen LogP contribution in [-0.2, 0) is 14.3 Å². The Kier molecular flexibility index (Phi) is 10.3. The maximum atomic E-state index is 12.0. The first-order valence-corrected chi connectivity index (χ1v) is 12.3. The van der Waals surface area contributed by atoms with Gasteiger partial charge in [-0.05, 0) is 19.3 Å². The SMILES string of the molecule is O=C(CCCC[C@@H]1SC[C@@H]2NC(=O)N[C@@H]21)CCCOCCOCCNC(=O)n1ccnc1. The molecule has 0 unspecified atom stereocenters. The molecule has 2 saturated heterocycles. The highest BCUT2D eigenvalue weighted by molar-refractivity contribution is 8.00. The van der Waals surface area contributed by atoms with Crippen LogP contribution in [0.15, 0.2) is 18.7 Å². The zero-order valence-electron chi connectivity index (χ0n) is 18.3. The lowest BCUT2D eigenvalue weighted by Gasteiger charge is -2.16. The molecule has 0 saturated carbocycles. The summed E-state index contributed by atoms with van der Waals surface area (Å²) in [5.74, 6) is 1.26. The summed E-state index contributed by atoms with van der Waals surface area (Å²) in [6.45, 7) is 2.28. The number of ketones is 1. The fraction of sp³-hybridized carbons (Fsp3) is 0.714. The lowest BCUT2D eigenvalue weighted by Crippen LogP contribution is -2.36. The van der Waals surface area contributed by atoms with E-state index in [2.05, 4.69) is 20.9 Å². The van der Waals surface area contributed by atoms with Crippen LogP contribution in [0, 0.1) is 0 Å². The molecule has 0 aromatic carbocycles. The largest absolute Gasteiger partial charge is 0.379 e. The maximum Gasteiger partial charge on any atom is 0.326 e. The van der Waals surface area contributed by atoms with Gasteiger partial charge in [0, 0.05) is 49.4 Å². The normalized spacial score (nSPS) is 21.8. The third-order valence-corrected chi connectivity index (χ3v) is 7.02. The Morgan fingerprint density at radius 1 is 1.12 bits per heavy atom. The Hall–Kier alpha value is -2.11. The van der Waals surface area contributed by atoms with Crippen molar-refractivity contribution in [3.05, 3.63) is 18.7 Å². The lowest BCUT2D eigenvalue weighted by molar-refractivity contribution is -0.119. The lowest BCUT2D eigenvalue weighted by atomic mass is 10.0. The van der Waals surface area contributed by atoms with Gasteiger partial charge in [0.05, 0.1) is 31.9 Å². The molecule has 10 nitrogen and oxygen atoms in total. The van der Waals surface area contributed by atoms with Gasteiger partial charge >= 0.3 is 12.1 Å². The third kappa shape index (κ3) is 8.10. The van der Waals surface area contributed by atoms with Crippen LogP contribution in [-0.4, -0.2) is 83.5 Å². The van der Waals surface area contributed by atoms with Crippen LogP contribution in [0.3, 0.4) is 0 Å². The van der Waals surface area contributed by atoms with Crippen LogP contribution in [0.5, 0.6) is 0 Å². The van der Waals surface area contributed by atoms with Gasteiger partial charge in [0.15, 0.2) is 0 Å². The van der Waals surface area contributed by atoms with Gasteiger partial charge in [0.25, 0.3) is 0 Å². The van der Waals surface area contributed by atoms with Gasteiger partial charge in [-0.25, -0.2) is 14.6 Å². The molecule has 2 aliphatic heterocycles. The van der Waals surface area contributed by atoms with Gasteiger partial charge in [0.1, 0.15) is 12.1 Å². The molecular formula is C21H33N5O5S. The monoisotopic (exact) mass is 467 g/mol. The molecule has 3 N–H and O–H groups in total. The number of nitrogens with zero attached hydrogens (tertiary/aromatic N) is 2. The number of urea groups is 1. The first-order valence-electron chi connectivity index (χ1n) is 11.3. The predicted molar refractivity (Wildman–Crippen MR) is 121 cm³/mol. The number of hydrogen-bond donors (Lipinski definition) is 3. The zero-order chi connectivity index (χ0) is 22.6. The highest BCUT2D eigenvalue weighted by atomic mass is 32.2. The number of ether oxygens (including phenoxy) is 2. The van der Waals surface area contributed by atoms with E-state index in [1.807, 2.05) is 11.8 Å². The fourth-order valence-corrected chi connectivity index (χ4v) is 5.37. The first-order chi connectivity index (χ1) is 15.6. The van der Waals surface area contributed by atoms with Crippen molar-refractivity contribution >= 4 is 29.6 Å². The second kappa shape index (κ2) is 13.4. The van der Waals surface area contributed by atoms with E-state index >= 15 is 0 Å². The van der Waals surface area contributed by atoms with E-state index < -0.39 is 0 Å². The van der Waals surface area contributed by atoms with Crippen LogP contribution in [0.1, 0.15) is 38.5 Å². The van der Waals surface area contributed by atoms with Crippen molar-refractivity contribution in [1.29, 1.82) is 0 Å². The van der Waals surface area contributed by atoms with Crippen molar-refractivity contribution in [1.82, 2.24) is 25.5 Å². The number of rotatable bonds is 15. The van der Waals surface area contributed by atoms with Gasteiger partial charge in [-0.1, -0.05) is 6.42 Å².